The van der Waals surface area contributed by atoms with E-state index in [4.69, 9.17) is 4.74 Å². The zero-order chi connectivity index (χ0) is 11.7. The SMILES string of the molecule is CC(=O)O[C@H]1C=CC[C@H]2C(=O)C=CC(=O)[C@@H]12. The van der Waals surface area contributed by atoms with E-state index in [1.54, 1.807) is 12.2 Å². The van der Waals surface area contributed by atoms with Crippen LogP contribution >= 0.6 is 0 Å². The molecule has 84 valence electrons. The largest absolute Gasteiger partial charge is 0.458 e. The fourth-order valence-electron chi connectivity index (χ4n) is 2.21. The summed E-state index contributed by atoms with van der Waals surface area (Å²) in [5.74, 6) is -1.55. The van der Waals surface area contributed by atoms with Gasteiger partial charge in [-0.1, -0.05) is 6.08 Å². The van der Waals surface area contributed by atoms with Gasteiger partial charge in [0.2, 0.25) is 0 Å². The fourth-order valence-corrected chi connectivity index (χ4v) is 2.21. The summed E-state index contributed by atoms with van der Waals surface area (Å²) in [6.07, 6.45) is 6.01. The predicted octanol–water partition coefficient (Wildman–Crippen LogP) is 0.818. The Kier molecular flexibility index (Phi) is 2.73. The van der Waals surface area contributed by atoms with Gasteiger partial charge in [0.25, 0.3) is 0 Å². The number of hydrogen-bond acceptors (Lipinski definition) is 4. The Labute approximate surface area is 93.0 Å². The Morgan fingerprint density at radius 3 is 2.69 bits per heavy atom. The molecule has 0 saturated carbocycles. The Bertz CT molecular complexity index is 405. The molecule has 0 spiro atoms. The maximum absolute atomic E-state index is 11.7. The van der Waals surface area contributed by atoms with Crippen LogP contribution in [0.1, 0.15) is 13.3 Å². The predicted molar refractivity (Wildman–Crippen MR) is 55.4 cm³/mol. The second kappa shape index (κ2) is 4.04. The summed E-state index contributed by atoms with van der Waals surface area (Å²) in [7, 11) is 0. The van der Waals surface area contributed by atoms with Crippen molar-refractivity contribution in [1.82, 2.24) is 0 Å². The lowest BCUT2D eigenvalue weighted by molar-refractivity contribution is -0.151. The number of ketones is 2. The van der Waals surface area contributed by atoms with E-state index >= 15 is 0 Å². The lowest BCUT2D eigenvalue weighted by Crippen LogP contribution is -2.42. The van der Waals surface area contributed by atoms with Crippen molar-refractivity contribution in [3.63, 3.8) is 0 Å². The van der Waals surface area contributed by atoms with Crippen LogP contribution in [0.4, 0.5) is 0 Å². The third-order valence-corrected chi connectivity index (χ3v) is 2.91. The first-order valence-corrected chi connectivity index (χ1v) is 5.19. The molecule has 0 heterocycles. The number of carbonyl (C=O) groups is 3. The smallest absolute Gasteiger partial charge is 0.303 e. The van der Waals surface area contributed by atoms with Crippen LogP contribution in [0.5, 0.6) is 0 Å². The average Bonchev–Trinajstić information content (AvgIpc) is 2.23. The Morgan fingerprint density at radius 2 is 2.00 bits per heavy atom. The molecule has 0 aromatic heterocycles. The molecule has 0 fully saturated rings. The lowest BCUT2D eigenvalue weighted by Gasteiger charge is -2.32. The zero-order valence-electron chi connectivity index (χ0n) is 8.88. The first-order valence-electron chi connectivity index (χ1n) is 5.19. The Balaban J connectivity index is 2.28. The minimum atomic E-state index is -0.599. The van der Waals surface area contributed by atoms with Crippen LogP contribution < -0.4 is 0 Å². The molecule has 4 nitrogen and oxygen atoms in total. The summed E-state index contributed by atoms with van der Waals surface area (Å²) in [6, 6.07) is 0. The van der Waals surface area contributed by atoms with E-state index in [-0.39, 0.29) is 17.5 Å². The van der Waals surface area contributed by atoms with Crippen LogP contribution in [0, 0.1) is 11.8 Å². The maximum Gasteiger partial charge on any atom is 0.303 e. The van der Waals surface area contributed by atoms with Crippen molar-refractivity contribution in [2.75, 3.05) is 0 Å². The molecule has 4 heteroatoms. The number of esters is 1. The molecule has 16 heavy (non-hydrogen) atoms. The molecule has 2 aliphatic carbocycles. The summed E-state index contributed by atoms with van der Waals surface area (Å²) in [6.45, 7) is 1.29. The summed E-state index contributed by atoms with van der Waals surface area (Å²) in [5.41, 5.74) is 0. The number of allylic oxidation sites excluding steroid dienone is 3. The Morgan fingerprint density at radius 1 is 1.31 bits per heavy atom. The fraction of sp³-hybridized carbons (Fsp3) is 0.417. The van der Waals surface area contributed by atoms with Crippen LogP contribution in [0.25, 0.3) is 0 Å². The standard InChI is InChI=1S/C12H12O4/c1-7(13)16-11-4-2-3-8-9(14)5-6-10(15)12(8)11/h2,4-6,8,11-12H,3H2,1H3/t8-,11-,12-/m0/s1. The van der Waals surface area contributed by atoms with Gasteiger partial charge >= 0.3 is 5.97 Å². The number of ether oxygens (including phenoxy) is 1. The van der Waals surface area contributed by atoms with Gasteiger partial charge in [-0.05, 0) is 24.6 Å². The van der Waals surface area contributed by atoms with Crippen molar-refractivity contribution in [1.29, 1.82) is 0 Å². The zero-order valence-corrected chi connectivity index (χ0v) is 8.88. The minimum Gasteiger partial charge on any atom is -0.458 e. The number of hydrogen-bond donors (Lipinski definition) is 0. The minimum absolute atomic E-state index is 0.0638. The molecule has 0 aromatic rings. The van der Waals surface area contributed by atoms with E-state index in [0.717, 1.165) is 0 Å². The normalized spacial score (nSPS) is 32.4. The summed E-state index contributed by atoms with van der Waals surface area (Å²) >= 11 is 0. The van der Waals surface area contributed by atoms with Gasteiger partial charge in [-0.2, -0.15) is 0 Å². The highest BCUT2D eigenvalue weighted by molar-refractivity contribution is 6.07. The molecular weight excluding hydrogens is 208 g/mol. The summed E-state index contributed by atoms with van der Waals surface area (Å²) < 4.78 is 5.05. The third-order valence-electron chi connectivity index (χ3n) is 2.91. The van der Waals surface area contributed by atoms with E-state index in [0.29, 0.717) is 6.42 Å². The van der Waals surface area contributed by atoms with Crippen molar-refractivity contribution in [3.8, 4) is 0 Å². The van der Waals surface area contributed by atoms with Gasteiger partial charge in [-0.15, -0.1) is 0 Å². The first-order chi connectivity index (χ1) is 7.59. The number of fused-ring (bicyclic) bond motifs is 1. The molecule has 0 aliphatic heterocycles. The van der Waals surface area contributed by atoms with Gasteiger partial charge in [-0.25, -0.2) is 0 Å². The molecule has 0 amide bonds. The van der Waals surface area contributed by atoms with E-state index in [1.807, 2.05) is 0 Å². The molecule has 2 rings (SSSR count). The Hall–Kier alpha value is -1.71. The maximum atomic E-state index is 11.7. The quantitative estimate of drug-likeness (QED) is 0.485. The molecule has 0 unspecified atom stereocenters. The van der Waals surface area contributed by atoms with E-state index < -0.39 is 18.0 Å². The van der Waals surface area contributed by atoms with Crippen LogP contribution in [-0.4, -0.2) is 23.6 Å². The monoisotopic (exact) mass is 220 g/mol. The molecule has 3 atom stereocenters. The van der Waals surface area contributed by atoms with Crippen LogP contribution in [-0.2, 0) is 19.1 Å². The highest BCUT2D eigenvalue weighted by Gasteiger charge is 2.41. The third kappa shape index (κ3) is 1.83. The molecule has 0 saturated heterocycles. The van der Waals surface area contributed by atoms with Crippen LogP contribution in [0.15, 0.2) is 24.3 Å². The van der Waals surface area contributed by atoms with Crippen molar-refractivity contribution in [2.24, 2.45) is 11.8 Å². The van der Waals surface area contributed by atoms with E-state index in [2.05, 4.69) is 0 Å². The topological polar surface area (TPSA) is 60.4 Å². The van der Waals surface area contributed by atoms with Crippen LogP contribution in [0.3, 0.4) is 0 Å². The van der Waals surface area contributed by atoms with E-state index in [1.165, 1.54) is 19.1 Å². The van der Waals surface area contributed by atoms with Crippen molar-refractivity contribution in [3.05, 3.63) is 24.3 Å². The van der Waals surface area contributed by atoms with Gasteiger partial charge in [0.05, 0.1) is 5.92 Å². The van der Waals surface area contributed by atoms with Gasteiger partial charge in [0, 0.05) is 12.8 Å². The molecule has 0 N–H and O–H groups in total. The average molecular weight is 220 g/mol. The van der Waals surface area contributed by atoms with Crippen molar-refractivity contribution >= 4 is 17.5 Å². The second-order valence-corrected chi connectivity index (χ2v) is 4.01. The first kappa shape index (κ1) is 10.8. The highest BCUT2D eigenvalue weighted by atomic mass is 16.5. The molecular formula is C12H12O4. The van der Waals surface area contributed by atoms with Crippen molar-refractivity contribution in [2.45, 2.75) is 19.4 Å². The number of carbonyl (C=O) groups excluding carboxylic acids is 3. The molecule has 0 bridgehead atoms. The van der Waals surface area contributed by atoms with Gasteiger partial charge < -0.3 is 4.74 Å². The lowest BCUT2D eigenvalue weighted by atomic mass is 9.73. The molecule has 0 aromatic carbocycles. The second-order valence-electron chi connectivity index (χ2n) is 4.01. The summed E-state index contributed by atoms with van der Waals surface area (Å²) in [5, 5.41) is 0. The van der Waals surface area contributed by atoms with Crippen LogP contribution in [0.2, 0.25) is 0 Å². The summed E-state index contributed by atoms with van der Waals surface area (Å²) in [4.78, 5) is 34.2. The highest BCUT2D eigenvalue weighted by Crippen LogP contribution is 2.32. The van der Waals surface area contributed by atoms with Gasteiger partial charge in [0.15, 0.2) is 11.6 Å². The van der Waals surface area contributed by atoms with E-state index in [9.17, 15) is 14.4 Å². The molecule has 2 aliphatic rings. The molecule has 0 radical (unpaired) electrons. The van der Waals surface area contributed by atoms with Gasteiger partial charge in [-0.3, -0.25) is 14.4 Å². The number of rotatable bonds is 1. The van der Waals surface area contributed by atoms with Crippen molar-refractivity contribution < 1.29 is 19.1 Å². The van der Waals surface area contributed by atoms with Gasteiger partial charge in [0.1, 0.15) is 6.10 Å².